The molecule has 21 heavy (non-hydrogen) atoms. The minimum absolute atomic E-state index is 0. The van der Waals surface area contributed by atoms with Gasteiger partial charge in [-0.25, -0.2) is 0 Å². The molecule has 4 bridgehead atoms. The van der Waals surface area contributed by atoms with Crippen molar-refractivity contribution in [1.82, 2.24) is 4.90 Å². The van der Waals surface area contributed by atoms with Gasteiger partial charge in [-0.05, 0) is 81.2 Å². The summed E-state index contributed by atoms with van der Waals surface area (Å²) in [7, 11) is 4.42. The molecule has 1 nitrogen and oxygen atoms in total. The first-order valence-corrected chi connectivity index (χ1v) is 8.76. The van der Waals surface area contributed by atoms with Crippen LogP contribution in [0.25, 0.3) is 0 Å². The zero-order valence-corrected chi connectivity index (χ0v) is 16.2. The van der Waals surface area contributed by atoms with E-state index in [1.807, 2.05) is 0 Å². The van der Waals surface area contributed by atoms with Crippen molar-refractivity contribution in [2.75, 3.05) is 14.1 Å². The van der Waals surface area contributed by atoms with Crippen molar-refractivity contribution in [2.45, 2.75) is 77.6 Å². The molecular formula is C18H33Cl2N. The first-order chi connectivity index (χ1) is 9.02. The molecule has 4 atom stereocenters. The van der Waals surface area contributed by atoms with Gasteiger partial charge in [0.15, 0.2) is 0 Å². The maximum Gasteiger partial charge on any atom is 0.0447 e. The maximum absolute atomic E-state index is 7.12. The number of hydrogen-bond acceptors (Lipinski definition) is 1. The van der Waals surface area contributed by atoms with Gasteiger partial charge in [-0.1, -0.05) is 20.8 Å². The van der Waals surface area contributed by atoms with Crippen LogP contribution < -0.4 is 0 Å². The Bertz CT molecular complexity index is 401. The van der Waals surface area contributed by atoms with E-state index in [0.717, 1.165) is 0 Å². The summed E-state index contributed by atoms with van der Waals surface area (Å²) in [6.07, 6.45) is 8.12. The van der Waals surface area contributed by atoms with E-state index in [2.05, 4.69) is 46.7 Å². The summed E-state index contributed by atoms with van der Waals surface area (Å²) in [5.41, 5.74) is 1.82. The van der Waals surface area contributed by atoms with Gasteiger partial charge in [0.1, 0.15) is 0 Å². The first-order valence-electron chi connectivity index (χ1n) is 8.32. The number of halogens is 2. The average molecular weight is 334 g/mol. The first kappa shape index (κ1) is 17.9. The van der Waals surface area contributed by atoms with Crippen LogP contribution in [-0.2, 0) is 0 Å². The second kappa shape index (κ2) is 5.02. The topological polar surface area (TPSA) is 3.24 Å². The number of hydrogen-bond donors (Lipinski definition) is 0. The summed E-state index contributed by atoms with van der Waals surface area (Å²) in [5.74, 6) is 0. The summed E-state index contributed by atoms with van der Waals surface area (Å²) in [6.45, 7) is 9.93. The lowest BCUT2D eigenvalue weighted by molar-refractivity contribution is -0.184. The predicted molar refractivity (Wildman–Crippen MR) is 94.5 cm³/mol. The van der Waals surface area contributed by atoms with Crippen LogP contribution >= 0.6 is 24.0 Å². The molecule has 0 radical (unpaired) electrons. The molecule has 4 fully saturated rings. The number of rotatable bonds is 3. The Labute approximate surface area is 142 Å². The molecule has 0 N–H and O–H groups in total. The molecule has 0 saturated heterocycles. The fourth-order valence-corrected chi connectivity index (χ4v) is 7.69. The average Bonchev–Trinajstić information content (AvgIpc) is 2.21. The zero-order chi connectivity index (χ0) is 15.0. The van der Waals surface area contributed by atoms with E-state index in [-0.39, 0.29) is 12.4 Å². The van der Waals surface area contributed by atoms with E-state index in [1.165, 1.54) is 38.5 Å². The van der Waals surface area contributed by atoms with Crippen molar-refractivity contribution in [2.24, 2.45) is 21.7 Å². The molecule has 0 heterocycles. The molecule has 0 aromatic carbocycles. The lowest BCUT2D eigenvalue weighted by Gasteiger charge is -2.71. The van der Waals surface area contributed by atoms with Gasteiger partial charge < -0.3 is 4.90 Å². The molecule has 0 spiro atoms. The minimum atomic E-state index is 0. The molecule has 3 heteroatoms. The van der Waals surface area contributed by atoms with Crippen molar-refractivity contribution >= 4 is 24.0 Å². The van der Waals surface area contributed by atoms with Crippen LogP contribution in [0.1, 0.15) is 66.2 Å². The molecule has 0 amide bonds. The summed E-state index contributed by atoms with van der Waals surface area (Å²) < 4.78 is 0. The molecule has 0 aromatic rings. The fraction of sp³-hybridized carbons (Fsp3) is 1.00. The maximum atomic E-state index is 7.12. The monoisotopic (exact) mass is 333 g/mol. The standard InChI is InChI=1S/C18H32ClN.ClH/c1-13(20(5)6)7-18-11-15(2)8-16(3,12-18)10-17(4,9-15)14(18)19;/h13-14H,7-12H2,1-6H3;1H. The molecule has 4 saturated carbocycles. The molecule has 0 aromatic heterocycles. The van der Waals surface area contributed by atoms with E-state index in [0.29, 0.717) is 33.1 Å². The van der Waals surface area contributed by atoms with Crippen LogP contribution in [0.4, 0.5) is 0 Å². The van der Waals surface area contributed by atoms with E-state index in [9.17, 15) is 0 Å². The van der Waals surface area contributed by atoms with Crippen LogP contribution in [0.2, 0.25) is 0 Å². The predicted octanol–water partition coefficient (Wildman–Crippen LogP) is 5.35. The van der Waals surface area contributed by atoms with Gasteiger partial charge in [0.25, 0.3) is 0 Å². The lowest BCUT2D eigenvalue weighted by Crippen LogP contribution is -2.65. The van der Waals surface area contributed by atoms with Crippen LogP contribution in [0, 0.1) is 21.7 Å². The van der Waals surface area contributed by atoms with Gasteiger partial charge in [0, 0.05) is 11.4 Å². The highest BCUT2D eigenvalue weighted by molar-refractivity contribution is 6.21. The third-order valence-electron chi connectivity index (χ3n) is 6.81. The third kappa shape index (κ3) is 2.66. The number of alkyl halides is 1. The van der Waals surface area contributed by atoms with Gasteiger partial charge in [-0.3, -0.25) is 0 Å². The van der Waals surface area contributed by atoms with Crippen molar-refractivity contribution in [1.29, 1.82) is 0 Å². The Morgan fingerprint density at radius 3 is 1.90 bits per heavy atom. The van der Waals surface area contributed by atoms with Crippen LogP contribution in [0.15, 0.2) is 0 Å². The summed E-state index contributed by atoms with van der Waals surface area (Å²) in [4.78, 5) is 2.37. The molecule has 4 aliphatic rings. The Morgan fingerprint density at radius 1 is 1.00 bits per heavy atom. The van der Waals surface area contributed by atoms with Gasteiger partial charge in [-0.15, -0.1) is 24.0 Å². The SMILES string of the molecule is CC(CC12CC3(C)CC(C)(CC(C)(C3)C1Cl)C2)N(C)C.Cl. The highest BCUT2D eigenvalue weighted by Crippen LogP contribution is 2.75. The second-order valence-corrected chi connectivity index (χ2v) is 10.3. The van der Waals surface area contributed by atoms with Gasteiger partial charge in [0.2, 0.25) is 0 Å². The van der Waals surface area contributed by atoms with E-state index in [1.54, 1.807) is 0 Å². The van der Waals surface area contributed by atoms with Gasteiger partial charge in [-0.2, -0.15) is 0 Å². The Kier molecular flexibility index (Phi) is 4.27. The molecule has 4 aliphatic carbocycles. The fourth-order valence-electron chi connectivity index (χ4n) is 7.30. The van der Waals surface area contributed by atoms with Crippen molar-refractivity contribution < 1.29 is 0 Å². The Morgan fingerprint density at radius 2 is 1.48 bits per heavy atom. The highest BCUT2D eigenvalue weighted by atomic mass is 35.5. The highest BCUT2D eigenvalue weighted by Gasteiger charge is 2.68. The van der Waals surface area contributed by atoms with Gasteiger partial charge in [0.05, 0.1) is 0 Å². The van der Waals surface area contributed by atoms with Crippen molar-refractivity contribution in [3.05, 3.63) is 0 Å². The van der Waals surface area contributed by atoms with Crippen LogP contribution in [0.5, 0.6) is 0 Å². The van der Waals surface area contributed by atoms with Crippen molar-refractivity contribution in [3.8, 4) is 0 Å². The Balaban J connectivity index is 0.00000161. The van der Waals surface area contributed by atoms with E-state index >= 15 is 0 Å². The largest absolute Gasteiger partial charge is 0.307 e. The van der Waals surface area contributed by atoms with Gasteiger partial charge >= 0.3 is 0 Å². The molecule has 0 aliphatic heterocycles. The summed E-state index contributed by atoms with van der Waals surface area (Å²) >= 11 is 7.12. The van der Waals surface area contributed by atoms with E-state index in [4.69, 9.17) is 11.6 Å². The Hall–Kier alpha value is 0.540. The molecule has 4 rings (SSSR count). The summed E-state index contributed by atoms with van der Waals surface area (Å²) in [6, 6.07) is 0.628. The minimum Gasteiger partial charge on any atom is -0.307 e. The number of nitrogens with zero attached hydrogens (tertiary/aromatic N) is 1. The smallest absolute Gasteiger partial charge is 0.0447 e. The zero-order valence-electron chi connectivity index (χ0n) is 14.6. The van der Waals surface area contributed by atoms with Crippen LogP contribution in [0.3, 0.4) is 0 Å². The molecule has 124 valence electrons. The molecule has 4 unspecified atom stereocenters. The van der Waals surface area contributed by atoms with Crippen molar-refractivity contribution in [3.63, 3.8) is 0 Å². The normalized spacial score (nSPS) is 52.9. The summed E-state index contributed by atoms with van der Waals surface area (Å²) in [5, 5.41) is 0.374. The lowest BCUT2D eigenvalue weighted by atomic mass is 9.35. The quantitative estimate of drug-likeness (QED) is 0.629. The second-order valence-electron chi connectivity index (χ2n) is 9.90. The van der Waals surface area contributed by atoms with E-state index < -0.39 is 0 Å². The molecular weight excluding hydrogens is 301 g/mol. The van der Waals surface area contributed by atoms with Crippen LogP contribution in [-0.4, -0.2) is 30.4 Å². The third-order valence-corrected chi connectivity index (χ3v) is 7.80.